The van der Waals surface area contributed by atoms with Crippen molar-refractivity contribution in [2.45, 2.75) is 6.04 Å². The lowest BCUT2D eigenvalue weighted by atomic mass is 9.97. The Balaban J connectivity index is 1.67. The summed E-state index contributed by atoms with van der Waals surface area (Å²) in [6, 6.07) is 24.9. The summed E-state index contributed by atoms with van der Waals surface area (Å²) in [7, 11) is 3.50. The number of rotatable bonds is 8. The molecule has 0 aliphatic rings. The molecule has 7 heteroatoms. The lowest BCUT2D eigenvalue weighted by Crippen LogP contribution is -2.41. The van der Waals surface area contributed by atoms with Gasteiger partial charge in [-0.1, -0.05) is 89.9 Å². The van der Waals surface area contributed by atoms with Crippen molar-refractivity contribution in [1.29, 1.82) is 0 Å². The van der Waals surface area contributed by atoms with Crippen molar-refractivity contribution in [1.82, 2.24) is 9.80 Å². The Morgan fingerprint density at radius 1 is 0.781 bits per heavy atom. The highest BCUT2D eigenvalue weighted by molar-refractivity contribution is 6.39. The third kappa shape index (κ3) is 6.10. The van der Waals surface area contributed by atoms with Crippen LogP contribution in [0.5, 0.6) is 0 Å². The van der Waals surface area contributed by atoms with Crippen molar-refractivity contribution in [3.05, 3.63) is 100 Å². The van der Waals surface area contributed by atoms with E-state index in [1.165, 1.54) is 4.90 Å². The number of anilines is 1. The fraction of sp³-hybridized carbons (Fsp3) is 0.200. The van der Waals surface area contributed by atoms with Crippen LogP contribution in [0, 0.1) is 0 Å². The van der Waals surface area contributed by atoms with E-state index in [2.05, 4.69) is 5.32 Å². The largest absolute Gasteiger partial charge is 0.335 e. The van der Waals surface area contributed by atoms with Gasteiger partial charge in [0, 0.05) is 7.05 Å². The molecule has 0 saturated carbocycles. The standard InChI is InChI=1S/C25H25Cl2N3O2/c1-29(16-22(31)28-24-20(26)14-9-15-21(24)27)23(32)17-30(2)25(18-10-5-3-6-11-18)19-12-7-4-8-13-19/h3-15,25H,16-17H2,1-2H3,(H,28,31). The Labute approximate surface area is 198 Å². The zero-order chi connectivity index (χ0) is 23.1. The van der Waals surface area contributed by atoms with Gasteiger partial charge in [-0.25, -0.2) is 0 Å². The Bertz CT molecular complexity index is 1000. The first kappa shape index (κ1) is 23.8. The summed E-state index contributed by atoms with van der Waals surface area (Å²) < 4.78 is 0. The molecule has 1 N–H and O–H groups in total. The molecule has 0 saturated heterocycles. The summed E-state index contributed by atoms with van der Waals surface area (Å²) in [5.41, 5.74) is 2.51. The zero-order valence-electron chi connectivity index (χ0n) is 18.0. The number of carbonyl (C=O) groups excluding carboxylic acids is 2. The molecule has 0 heterocycles. The molecule has 3 rings (SSSR count). The van der Waals surface area contributed by atoms with Crippen LogP contribution in [0.3, 0.4) is 0 Å². The van der Waals surface area contributed by atoms with E-state index in [1.807, 2.05) is 72.6 Å². The van der Waals surface area contributed by atoms with Gasteiger partial charge in [0.25, 0.3) is 0 Å². The van der Waals surface area contributed by atoms with E-state index in [9.17, 15) is 9.59 Å². The van der Waals surface area contributed by atoms with Gasteiger partial charge in [0.1, 0.15) is 0 Å². The average Bonchev–Trinajstić information content (AvgIpc) is 2.78. The van der Waals surface area contributed by atoms with Crippen LogP contribution in [-0.4, -0.2) is 48.8 Å². The zero-order valence-corrected chi connectivity index (χ0v) is 19.5. The number of amides is 2. The lowest BCUT2D eigenvalue weighted by molar-refractivity contribution is -0.134. The highest BCUT2D eigenvalue weighted by Gasteiger charge is 2.23. The van der Waals surface area contributed by atoms with Gasteiger partial charge in [0.15, 0.2) is 0 Å². The SMILES string of the molecule is CN(CC(=O)Nc1c(Cl)cccc1Cl)C(=O)CN(C)C(c1ccccc1)c1ccccc1. The quantitative estimate of drug-likeness (QED) is 0.498. The summed E-state index contributed by atoms with van der Waals surface area (Å²) >= 11 is 12.2. The van der Waals surface area contributed by atoms with Crippen molar-refractivity contribution < 1.29 is 9.59 Å². The maximum Gasteiger partial charge on any atom is 0.244 e. The second kappa shape index (κ2) is 11.1. The number of nitrogens with zero attached hydrogens (tertiary/aromatic N) is 2. The molecule has 0 fully saturated rings. The maximum atomic E-state index is 12.9. The minimum absolute atomic E-state index is 0.0921. The molecular weight excluding hydrogens is 445 g/mol. The predicted molar refractivity (Wildman–Crippen MR) is 130 cm³/mol. The van der Waals surface area contributed by atoms with Crippen LogP contribution >= 0.6 is 23.2 Å². The first-order valence-corrected chi connectivity index (χ1v) is 10.9. The first-order chi connectivity index (χ1) is 15.4. The van der Waals surface area contributed by atoms with E-state index >= 15 is 0 Å². The van der Waals surface area contributed by atoms with E-state index in [0.29, 0.717) is 15.7 Å². The first-order valence-electron chi connectivity index (χ1n) is 10.1. The molecule has 2 amide bonds. The van der Waals surface area contributed by atoms with Crippen molar-refractivity contribution in [3.63, 3.8) is 0 Å². The number of likely N-dealkylation sites (N-methyl/N-ethyl adjacent to an activating group) is 2. The molecule has 0 radical (unpaired) electrons. The van der Waals surface area contributed by atoms with Crippen molar-refractivity contribution in [2.75, 3.05) is 32.5 Å². The fourth-order valence-corrected chi connectivity index (χ4v) is 3.99. The van der Waals surface area contributed by atoms with E-state index in [0.717, 1.165) is 11.1 Å². The van der Waals surface area contributed by atoms with Crippen molar-refractivity contribution in [2.24, 2.45) is 0 Å². The van der Waals surface area contributed by atoms with Gasteiger partial charge in [-0.3, -0.25) is 14.5 Å². The molecule has 0 aliphatic heterocycles. The second-order valence-electron chi connectivity index (χ2n) is 7.53. The Morgan fingerprint density at radius 2 is 1.28 bits per heavy atom. The van der Waals surface area contributed by atoms with Gasteiger partial charge in [-0.2, -0.15) is 0 Å². The summed E-state index contributed by atoms with van der Waals surface area (Å²) in [5.74, 6) is -0.550. The summed E-state index contributed by atoms with van der Waals surface area (Å²) in [6.45, 7) is 0.0284. The van der Waals surface area contributed by atoms with Gasteiger partial charge < -0.3 is 10.2 Å². The molecule has 5 nitrogen and oxygen atoms in total. The third-order valence-electron chi connectivity index (χ3n) is 5.09. The Morgan fingerprint density at radius 3 is 1.78 bits per heavy atom. The summed E-state index contributed by atoms with van der Waals surface area (Å²) in [6.07, 6.45) is 0. The highest BCUT2D eigenvalue weighted by Crippen LogP contribution is 2.30. The molecule has 32 heavy (non-hydrogen) atoms. The minimum Gasteiger partial charge on any atom is -0.335 e. The van der Waals surface area contributed by atoms with E-state index < -0.39 is 0 Å². The molecular formula is C25H25Cl2N3O2. The van der Waals surface area contributed by atoms with E-state index in [4.69, 9.17) is 23.2 Å². The average molecular weight is 470 g/mol. The monoisotopic (exact) mass is 469 g/mol. The molecule has 3 aromatic rings. The summed E-state index contributed by atoms with van der Waals surface area (Å²) in [4.78, 5) is 28.7. The number of nitrogens with one attached hydrogen (secondary N) is 1. The van der Waals surface area contributed by atoms with Crippen LogP contribution in [0.25, 0.3) is 0 Å². The van der Waals surface area contributed by atoms with Crippen molar-refractivity contribution in [3.8, 4) is 0 Å². The van der Waals surface area contributed by atoms with Gasteiger partial charge in [0.2, 0.25) is 11.8 Å². The van der Waals surface area contributed by atoms with Crippen LogP contribution in [0.4, 0.5) is 5.69 Å². The smallest absolute Gasteiger partial charge is 0.244 e. The maximum absolute atomic E-state index is 12.9. The van der Waals surface area contributed by atoms with Gasteiger partial charge in [-0.15, -0.1) is 0 Å². The molecule has 0 spiro atoms. The lowest BCUT2D eigenvalue weighted by Gasteiger charge is -2.30. The Hall–Kier alpha value is -2.86. The fourth-order valence-electron chi connectivity index (χ4n) is 3.50. The summed E-state index contributed by atoms with van der Waals surface area (Å²) in [5, 5.41) is 3.36. The number of para-hydroxylation sites is 1. The Kier molecular flexibility index (Phi) is 8.28. The number of carbonyl (C=O) groups is 2. The van der Waals surface area contributed by atoms with Gasteiger partial charge in [0.05, 0.1) is 34.9 Å². The van der Waals surface area contributed by atoms with Crippen LogP contribution in [-0.2, 0) is 9.59 Å². The molecule has 166 valence electrons. The third-order valence-corrected chi connectivity index (χ3v) is 5.72. The molecule has 0 bridgehead atoms. The highest BCUT2D eigenvalue weighted by atomic mass is 35.5. The minimum atomic E-state index is -0.374. The van der Waals surface area contributed by atoms with Gasteiger partial charge >= 0.3 is 0 Å². The van der Waals surface area contributed by atoms with Crippen LogP contribution in [0.2, 0.25) is 10.0 Å². The molecule has 0 atom stereocenters. The molecule has 0 aliphatic carbocycles. The number of halogens is 2. The molecule has 0 unspecified atom stereocenters. The van der Waals surface area contributed by atoms with Crippen LogP contribution in [0.1, 0.15) is 17.2 Å². The topological polar surface area (TPSA) is 52.7 Å². The molecule has 3 aromatic carbocycles. The predicted octanol–water partition coefficient (Wildman–Crippen LogP) is 5.11. The molecule has 0 aromatic heterocycles. The number of hydrogen-bond acceptors (Lipinski definition) is 3. The van der Waals surface area contributed by atoms with Gasteiger partial charge in [-0.05, 0) is 30.3 Å². The van der Waals surface area contributed by atoms with Crippen LogP contribution < -0.4 is 5.32 Å². The van der Waals surface area contributed by atoms with Crippen LogP contribution in [0.15, 0.2) is 78.9 Å². The normalized spacial score (nSPS) is 10.9. The second-order valence-corrected chi connectivity index (χ2v) is 8.35. The van der Waals surface area contributed by atoms with Crippen molar-refractivity contribution >= 4 is 40.7 Å². The van der Waals surface area contributed by atoms with E-state index in [-0.39, 0.29) is 30.9 Å². The number of hydrogen-bond donors (Lipinski definition) is 1. The number of benzene rings is 3. The van der Waals surface area contributed by atoms with E-state index in [1.54, 1.807) is 25.2 Å².